The van der Waals surface area contributed by atoms with Gasteiger partial charge in [-0.25, -0.2) is 0 Å². The lowest BCUT2D eigenvalue weighted by atomic mass is 9.99. The van der Waals surface area contributed by atoms with E-state index in [0.717, 1.165) is 0 Å². The van der Waals surface area contributed by atoms with Crippen LogP contribution in [0.2, 0.25) is 0 Å². The fourth-order valence-corrected chi connectivity index (χ4v) is 1.63. The molecule has 6 heteroatoms. The van der Waals surface area contributed by atoms with Crippen molar-refractivity contribution in [2.75, 3.05) is 0 Å². The third kappa shape index (κ3) is 3.11. The molecule has 0 bridgehead atoms. The van der Waals surface area contributed by atoms with E-state index < -0.39 is 4.92 Å². The number of nitrogens with zero attached hydrogens (tertiary/aromatic N) is 2. The number of ketones is 1. The molecule has 0 saturated heterocycles. The number of hydrogen-bond acceptors (Lipinski definition) is 4. The van der Waals surface area contributed by atoms with E-state index in [1.807, 2.05) is 6.07 Å². The molecule has 1 unspecified atom stereocenters. The van der Waals surface area contributed by atoms with Crippen molar-refractivity contribution in [2.45, 2.75) is 18.2 Å². The summed E-state index contributed by atoms with van der Waals surface area (Å²) in [6.07, 6.45) is -0.0253. The summed E-state index contributed by atoms with van der Waals surface area (Å²) in [6, 6.07) is 5.82. The highest BCUT2D eigenvalue weighted by Gasteiger charge is 2.18. The number of carbonyl (C=O) groups is 1. The van der Waals surface area contributed by atoms with E-state index in [1.54, 1.807) is 6.92 Å². The van der Waals surface area contributed by atoms with Crippen molar-refractivity contribution >= 4 is 27.4 Å². The van der Waals surface area contributed by atoms with Crippen LogP contribution in [-0.2, 0) is 6.42 Å². The third-order valence-electron chi connectivity index (χ3n) is 2.20. The van der Waals surface area contributed by atoms with Gasteiger partial charge in [0.2, 0.25) is 0 Å². The zero-order valence-corrected chi connectivity index (χ0v) is 10.6. The zero-order chi connectivity index (χ0) is 13.0. The quantitative estimate of drug-likeness (QED) is 0.370. The Hall–Kier alpha value is -1.74. The minimum absolute atomic E-state index is 0.0253. The van der Waals surface area contributed by atoms with E-state index in [1.165, 1.54) is 18.2 Å². The van der Waals surface area contributed by atoms with Gasteiger partial charge in [-0.3, -0.25) is 14.9 Å². The van der Waals surface area contributed by atoms with Gasteiger partial charge in [-0.05, 0) is 18.6 Å². The first-order chi connectivity index (χ1) is 7.97. The molecular weight excluding hydrogens is 288 g/mol. The molecule has 0 fully saturated rings. The molecule has 1 atom stereocenters. The van der Waals surface area contributed by atoms with Crippen molar-refractivity contribution < 1.29 is 9.72 Å². The minimum Gasteiger partial charge on any atom is -0.293 e. The molecule has 0 aliphatic carbocycles. The molecule has 17 heavy (non-hydrogen) atoms. The predicted octanol–water partition coefficient (Wildman–Crippen LogP) is 2.63. The average Bonchev–Trinajstić information content (AvgIpc) is 2.28. The van der Waals surface area contributed by atoms with Gasteiger partial charge in [0.25, 0.3) is 5.69 Å². The first-order valence-electron chi connectivity index (χ1n) is 4.80. The highest BCUT2D eigenvalue weighted by molar-refractivity contribution is 9.10. The number of non-ortho nitro benzene ring substituents is 1. The van der Waals surface area contributed by atoms with E-state index in [2.05, 4.69) is 15.9 Å². The Morgan fingerprint density at radius 2 is 2.29 bits per heavy atom. The molecule has 0 aliphatic rings. The van der Waals surface area contributed by atoms with Gasteiger partial charge in [-0.1, -0.05) is 15.9 Å². The van der Waals surface area contributed by atoms with Crippen molar-refractivity contribution in [1.29, 1.82) is 5.26 Å². The number of nitriles is 1. The Morgan fingerprint density at radius 3 is 2.76 bits per heavy atom. The molecule has 0 spiro atoms. The molecule has 0 saturated carbocycles. The van der Waals surface area contributed by atoms with Crippen LogP contribution in [0.3, 0.4) is 0 Å². The van der Waals surface area contributed by atoms with Gasteiger partial charge in [0.05, 0.1) is 22.2 Å². The van der Waals surface area contributed by atoms with Crippen LogP contribution in [0.5, 0.6) is 0 Å². The number of nitro groups is 1. The second-order valence-corrected chi connectivity index (χ2v) is 4.79. The number of alkyl halides is 1. The Bertz CT molecular complexity index is 506. The Kier molecular flexibility index (Phi) is 4.35. The average molecular weight is 297 g/mol. The molecular formula is C11H9BrN2O3. The van der Waals surface area contributed by atoms with Crippen molar-refractivity contribution in [3.05, 3.63) is 39.4 Å². The second kappa shape index (κ2) is 5.55. The molecule has 1 rings (SSSR count). The molecule has 0 amide bonds. The zero-order valence-electron chi connectivity index (χ0n) is 9.01. The first kappa shape index (κ1) is 13.3. The lowest BCUT2D eigenvalue weighted by Gasteiger charge is -2.07. The maximum Gasteiger partial charge on any atom is 0.269 e. The lowest BCUT2D eigenvalue weighted by molar-refractivity contribution is -0.384. The van der Waals surface area contributed by atoms with Gasteiger partial charge < -0.3 is 0 Å². The van der Waals surface area contributed by atoms with E-state index >= 15 is 0 Å². The number of carbonyl (C=O) groups excluding carboxylic acids is 1. The van der Waals surface area contributed by atoms with Gasteiger partial charge >= 0.3 is 0 Å². The molecule has 88 valence electrons. The summed E-state index contributed by atoms with van der Waals surface area (Å²) in [5.41, 5.74) is 0.619. The van der Waals surface area contributed by atoms with Crippen LogP contribution in [0.1, 0.15) is 22.8 Å². The highest BCUT2D eigenvalue weighted by atomic mass is 79.9. The summed E-state index contributed by atoms with van der Waals surface area (Å²) >= 11 is 3.14. The van der Waals surface area contributed by atoms with Crippen LogP contribution < -0.4 is 0 Å². The van der Waals surface area contributed by atoms with Crippen LogP contribution in [0.4, 0.5) is 5.69 Å². The predicted molar refractivity (Wildman–Crippen MR) is 65.1 cm³/mol. The van der Waals surface area contributed by atoms with Crippen molar-refractivity contribution in [3.63, 3.8) is 0 Å². The number of halogens is 1. The maximum absolute atomic E-state index is 11.8. The Balaban J connectivity index is 3.27. The number of benzene rings is 1. The van der Waals surface area contributed by atoms with Gasteiger partial charge in [-0.15, -0.1) is 0 Å². The van der Waals surface area contributed by atoms with E-state index in [0.29, 0.717) is 11.1 Å². The molecule has 1 aromatic carbocycles. The summed E-state index contributed by atoms with van der Waals surface area (Å²) < 4.78 is 0. The standard InChI is InChI=1S/C11H9BrN2O3/c1-7(12)11(15)10-3-2-9(14(16)17)6-8(10)4-5-13/h2-3,6-7H,4H2,1H3. The third-order valence-corrected chi connectivity index (χ3v) is 2.61. The number of hydrogen-bond donors (Lipinski definition) is 0. The molecule has 0 radical (unpaired) electrons. The van der Waals surface area contributed by atoms with Crippen molar-refractivity contribution in [2.24, 2.45) is 0 Å². The molecule has 1 aromatic rings. The number of nitro benzene ring substituents is 1. The van der Waals surface area contributed by atoms with Crippen LogP contribution >= 0.6 is 15.9 Å². The van der Waals surface area contributed by atoms with Crippen LogP contribution in [0.25, 0.3) is 0 Å². The molecule has 0 aromatic heterocycles. The van der Waals surface area contributed by atoms with Gasteiger partial charge in [-0.2, -0.15) is 5.26 Å². The van der Waals surface area contributed by atoms with Crippen LogP contribution in [-0.4, -0.2) is 15.5 Å². The van der Waals surface area contributed by atoms with Gasteiger partial charge in [0.15, 0.2) is 5.78 Å². The van der Waals surface area contributed by atoms with Crippen LogP contribution in [0.15, 0.2) is 18.2 Å². The highest BCUT2D eigenvalue weighted by Crippen LogP contribution is 2.21. The minimum atomic E-state index is -0.549. The fourth-order valence-electron chi connectivity index (χ4n) is 1.38. The monoisotopic (exact) mass is 296 g/mol. The Labute approximate surface area is 106 Å². The second-order valence-electron chi connectivity index (χ2n) is 3.41. The van der Waals surface area contributed by atoms with E-state index in [9.17, 15) is 14.9 Å². The fraction of sp³-hybridized carbons (Fsp3) is 0.273. The number of Topliss-reactive ketones (excluding diaryl/α,β-unsaturated/α-hetero) is 1. The van der Waals surface area contributed by atoms with E-state index in [-0.39, 0.29) is 22.7 Å². The Morgan fingerprint density at radius 1 is 1.65 bits per heavy atom. The first-order valence-corrected chi connectivity index (χ1v) is 5.71. The molecule has 0 N–H and O–H groups in total. The van der Waals surface area contributed by atoms with Crippen molar-refractivity contribution in [1.82, 2.24) is 0 Å². The topological polar surface area (TPSA) is 84.0 Å². The summed E-state index contributed by atoms with van der Waals surface area (Å²) in [5.74, 6) is -0.190. The molecule has 0 heterocycles. The molecule has 0 aliphatic heterocycles. The SMILES string of the molecule is CC(Br)C(=O)c1ccc([N+](=O)[O-])cc1CC#N. The van der Waals surface area contributed by atoms with Crippen LogP contribution in [0, 0.1) is 21.4 Å². The lowest BCUT2D eigenvalue weighted by Crippen LogP contribution is -2.12. The summed E-state index contributed by atoms with van der Waals surface area (Å²) in [7, 11) is 0. The summed E-state index contributed by atoms with van der Waals surface area (Å²) in [5, 5.41) is 19.3. The van der Waals surface area contributed by atoms with Gasteiger partial charge in [0, 0.05) is 17.7 Å². The van der Waals surface area contributed by atoms with Gasteiger partial charge in [0.1, 0.15) is 0 Å². The summed E-state index contributed by atoms with van der Waals surface area (Å²) in [4.78, 5) is 21.5. The molecule has 5 nitrogen and oxygen atoms in total. The largest absolute Gasteiger partial charge is 0.293 e. The summed E-state index contributed by atoms with van der Waals surface area (Å²) in [6.45, 7) is 1.67. The number of rotatable bonds is 4. The van der Waals surface area contributed by atoms with E-state index in [4.69, 9.17) is 5.26 Å². The van der Waals surface area contributed by atoms with Crippen molar-refractivity contribution in [3.8, 4) is 6.07 Å². The maximum atomic E-state index is 11.8. The normalized spacial score (nSPS) is 11.6. The smallest absolute Gasteiger partial charge is 0.269 e.